The predicted octanol–water partition coefficient (Wildman–Crippen LogP) is 5.05. The van der Waals surface area contributed by atoms with Crippen LogP contribution >= 0.6 is 24.0 Å². The van der Waals surface area contributed by atoms with Crippen molar-refractivity contribution in [1.29, 1.82) is 0 Å². The summed E-state index contributed by atoms with van der Waals surface area (Å²) in [5.74, 6) is 0.614. The van der Waals surface area contributed by atoms with Crippen LogP contribution in [0.1, 0.15) is 25.0 Å². The van der Waals surface area contributed by atoms with Gasteiger partial charge in [-0.1, -0.05) is 61.2 Å². The monoisotopic (exact) mass is 369 g/mol. The Morgan fingerprint density at radius 3 is 2.56 bits per heavy atom. The number of benzene rings is 2. The van der Waals surface area contributed by atoms with Gasteiger partial charge in [-0.25, -0.2) is 0 Å². The zero-order chi connectivity index (χ0) is 18.0. The van der Waals surface area contributed by atoms with Gasteiger partial charge in [-0.15, -0.1) is 0 Å². The van der Waals surface area contributed by atoms with Crippen molar-refractivity contribution in [1.82, 2.24) is 0 Å². The molecule has 0 unspecified atom stereocenters. The molecule has 3 nitrogen and oxygen atoms in total. The van der Waals surface area contributed by atoms with E-state index in [-0.39, 0.29) is 5.91 Å². The number of amides is 1. The van der Waals surface area contributed by atoms with E-state index in [1.807, 2.05) is 31.2 Å². The van der Waals surface area contributed by atoms with Gasteiger partial charge in [0.1, 0.15) is 5.75 Å². The Morgan fingerprint density at radius 1 is 1.20 bits per heavy atom. The van der Waals surface area contributed by atoms with Gasteiger partial charge in [-0.2, -0.15) is 0 Å². The third kappa shape index (κ3) is 3.48. The highest BCUT2D eigenvalue weighted by molar-refractivity contribution is 8.27. The van der Waals surface area contributed by atoms with Gasteiger partial charge in [0, 0.05) is 6.07 Å². The number of aryl methyl sites for hydroxylation is 1. The molecule has 25 heavy (non-hydrogen) atoms. The second kappa shape index (κ2) is 7.42. The van der Waals surface area contributed by atoms with Gasteiger partial charge in [-0.05, 0) is 42.2 Å². The number of carbonyl (C=O) groups is 1. The van der Waals surface area contributed by atoms with Gasteiger partial charge >= 0.3 is 0 Å². The van der Waals surface area contributed by atoms with Crippen LogP contribution in [-0.2, 0) is 11.2 Å². The number of nitrogens with zero attached hydrogens (tertiary/aromatic N) is 1. The Balaban J connectivity index is 1.96. The molecule has 1 heterocycles. The Bertz CT molecular complexity index is 856. The smallest absolute Gasteiger partial charge is 0.271 e. The fourth-order valence-electron chi connectivity index (χ4n) is 2.69. The molecule has 0 radical (unpaired) electrons. The number of thioether (sulfide) groups is 1. The van der Waals surface area contributed by atoms with E-state index >= 15 is 0 Å². The summed E-state index contributed by atoms with van der Waals surface area (Å²) in [5.41, 5.74) is 4.00. The summed E-state index contributed by atoms with van der Waals surface area (Å²) in [5, 5.41) is 0. The zero-order valence-corrected chi connectivity index (χ0v) is 16.0. The first-order chi connectivity index (χ1) is 12.0. The number of hydrogen-bond acceptors (Lipinski definition) is 4. The lowest BCUT2D eigenvalue weighted by molar-refractivity contribution is -0.113. The van der Waals surface area contributed by atoms with Crippen molar-refractivity contribution < 1.29 is 9.53 Å². The fourth-order valence-corrected chi connectivity index (χ4v) is 4.03. The van der Waals surface area contributed by atoms with Crippen molar-refractivity contribution in [2.75, 3.05) is 12.0 Å². The van der Waals surface area contributed by atoms with Crippen LogP contribution in [0, 0.1) is 0 Å². The molecular formula is C20H19NO2S2. The zero-order valence-electron chi connectivity index (χ0n) is 14.4. The maximum Gasteiger partial charge on any atom is 0.271 e. The van der Waals surface area contributed by atoms with Crippen LogP contribution < -0.4 is 9.64 Å². The lowest BCUT2D eigenvalue weighted by Gasteiger charge is -2.15. The highest BCUT2D eigenvalue weighted by Gasteiger charge is 2.35. The van der Waals surface area contributed by atoms with Gasteiger partial charge in [0.25, 0.3) is 5.91 Å². The minimum absolute atomic E-state index is 0.0830. The van der Waals surface area contributed by atoms with Crippen molar-refractivity contribution in [2.24, 2.45) is 0 Å². The van der Waals surface area contributed by atoms with Crippen LogP contribution in [0.2, 0.25) is 0 Å². The lowest BCUT2D eigenvalue weighted by Crippen LogP contribution is -2.27. The van der Waals surface area contributed by atoms with E-state index in [9.17, 15) is 4.79 Å². The van der Waals surface area contributed by atoms with Gasteiger partial charge < -0.3 is 4.74 Å². The van der Waals surface area contributed by atoms with Gasteiger partial charge in [-0.3, -0.25) is 9.69 Å². The van der Waals surface area contributed by atoms with E-state index in [1.165, 1.54) is 17.3 Å². The number of thiocarbonyl (C=S) groups is 1. The van der Waals surface area contributed by atoms with Crippen LogP contribution in [-0.4, -0.2) is 17.3 Å². The summed E-state index contributed by atoms with van der Waals surface area (Å²) in [6.45, 7) is 4.10. The summed E-state index contributed by atoms with van der Waals surface area (Å²) in [6, 6.07) is 15.7. The Labute approximate surface area is 157 Å². The van der Waals surface area contributed by atoms with Crippen LogP contribution in [0.25, 0.3) is 5.57 Å². The molecule has 5 heteroatoms. The topological polar surface area (TPSA) is 29.5 Å². The molecule has 1 amide bonds. The van der Waals surface area contributed by atoms with Crippen LogP contribution in [0.15, 0.2) is 53.4 Å². The molecule has 1 aliphatic heterocycles. The molecular weight excluding hydrogens is 350 g/mol. The lowest BCUT2D eigenvalue weighted by atomic mass is 10.0. The number of rotatable bonds is 4. The van der Waals surface area contributed by atoms with Crippen molar-refractivity contribution in [3.63, 3.8) is 0 Å². The summed E-state index contributed by atoms with van der Waals surface area (Å²) in [6.07, 6.45) is 0.997. The highest BCUT2D eigenvalue weighted by atomic mass is 32.2. The average Bonchev–Trinajstić information content (AvgIpc) is 2.95. The quantitative estimate of drug-likeness (QED) is 0.557. The first-order valence-electron chi connectivity index (χ1n) is 8.05. The molecule has 0 atom stereocenters. The molecule has 0 spiro atoms. The number of hydrogen-bond donors (Lipinski definition) is 0. The molecule has 1 fully saturated rings. The molecule has 2 aromatic rings. The van der Waals surface area contributed by atoms with E-state index in [0.29, 0.717) is 15.0 Å². The van der Waals surface area contributed by atoms with Gasteiger partial charge in [0.2, 0.25) is 0 Å². The Morgan fingerprint density at radius 2 is 1.92 bits per heavy atom. The van der Waals surface area contributed by atoms with E-state index in [4.69, 9.17) is 17.0 Å². The molecule has 0 N–H and O–H groups in total. The molecule has 0 saturated carbocycles. The van der Waals surface area contributed by atoms with Crippen molar-refractivity contribution >= 4 is 45.5 Å². The van der Waals surface area contributed by atoms with Crippen molar-refractivity contribution in [2.45, 2.75) is 20.3 Å². The maximum absolute atomic E-state index is 13.0. The maximum atomic E-state index is 13.0. The summed E-state index contributed by atoms with van der Waals surface area (Å²) >= 11 is 6.81. The predicted molar refractivity (Wildman–Crippen MR) is 109 cm³/mol. The second-order valence-corrected chi connectivity index (χ2v) is 7.36. The molecule has 0 aromatic heterocycles. The minimum Gasteiger partial charge on any atom is -0.497 e. The Kier molecular flexibility index (Phi) is 5.25. The largest absolute Gasteiger partial charge is 0.497 e. The van der Waals surface area contributed by atoms with E-state index in [0.717, 1.165) is 23.2 Å². The van der Waals surface area contributed by atoms with Crippen LogP contribution in [0.3, 0.4) is 0 Å². The van der Waals surface area contributed by atoms with Gasteiger partial charge in [0.15, 0.2) is 4.32 Å². The van der Waals surface area contributed by atoms with E-state index < -0.39 is 0 Å². The van der Waals surface area contributed by atoms with E-state index in [2.05, 4.69) is 31.2 Å². The summed E-state index contributed by atoms with van der Waals surface area (Å²) < 4.78 is 5.79. The molecule has 0 aliphatic carbocycles. The minimum atomic E-state index is -0.0830. The van der Waals surface area contributed by atoms with Crippen LogP contribution in [0.5, 0.6) is 5.75 Å². The fraction of sp³-hybridized carbons (Fsp3) is 0.200. The molecule has 1 aliphatic rings. The number of anilines is 1. The molecule has 128 valence electrons. The van der Waals surface area contributed by atoms with E-state index in [1.54, 1.807) is 12.0 Å². The first-order valence-corrected chi connectivity index (χ1v) is 9.28. The second-order valence-electron chi connectivity index (χ2n) is 5.71. The normalized spacial score (nSPS) is 16.4. The number of carbonyl (C=O) groups excluding carboxylic acids is 1. The van der Waals surface area contributed by atoms with Gasteiger partial charge in [0.05, 0.1) is 17.7 Å². The third-order valence-electron chi connectivity index (χ3n) is 4.22. The highest BCUT2D eigenvalue weighted by Crippen LogP contribution is 2.39. The van der Waals surface area contributed by atoms with Crippen LogP contribution in [0.4, 0.5) is 5.69 Å². The molecule has 3 rings (SSSR count). The summed E-state index contributed by atoms with van der Waals surface area (Å²) in [4.78, 5) is 15.2. The third-order valence-corrected chi connectivity index (χ3v) is 5.69. The average molecular weight is 370 g/mol. The van der Waals surface area contributed by atoms with Crippen molar-refractivity contribution in [3.8, 4) is 5.75 Å². The Hall–Kier alpha value is -2.11. The molecule has 0 bridgehead atoms. The number of methoxy groups -OCH3 is 1. The summed E-state index contributed by atoms with van der Waals surface area (Å²) in [7, 11) is 1.60. The SMILES string of the molecule is CCc1ccc(/C(C)=C2/SC(=S)N(c3cccc(OC)c3)C2=O)cc1. The standard InChI is InChI=1S/C20H19NO2S2/c1-4-14-8-10-15(11-9-14)13(2)18-19(22)21(20(24)25-18)16-6-5-7-17(12-16)23-3/h5-12H,4H2,1-3H3/b18-13+. The van der Waals surface area contributed by atoms with Crippen molar-refractivity contribution in [3.05, 3.63) is 64.6 Å². The first kappa shape index (κ1) is 17.7. The molecule has 2 aromatic carbocycles. The molecule has 1 saturated heterocycles. The number of allylic oxidation sites excluding steroid dienone is 1. The number of ether oxygens (including phenoxy) is 1.